The van der Waals surface area contributed by atoms with Gasteiger partial charge in [-0.15, -0.1) is 0 Å². The van der Waals surface area contributed by atoms with Crippen LogP contribution in [-0.4, -0.2) is 30.3 Å². The summed E-state index contributed by atoms with van der Waals surface area (Å²) in [7, 11) is 3.17. The van der Waals surface area contributed by atoms with Crippen molar-refractivity contribution in [3.63, 3.8) is 0 Å². The number of rotatable bonds is 6. The number of carbonyl (C=O) groups excluding carboxylic acids is 1. The maximum absolute atomic E-state index is 12.7. The van der Waals surface area contributed by atoms with E-state index in [4.69, 9.17) is 9.47 Å². The van der Waals surface area contributed by atoms with Crippen LogP contribution in [0.2, 0.25) is 0 Å². The standard InChI is InChI=1S/C20H21N3O3/c1-13(14-5-4-6-17(9-14)25-2)23-20(24)18-8-7-15(10-19(18)26-3)16-11-21-22-12-16/h4-13H,1-3H3,(H,21,22)(H,23,24). The molecule has 1 amide bonds. The van der Waals surface area contributed by atoms with Gasteiger partial charge >= 0.3 is 0 Å². The first kappa shape index (κ1) is 17.5. The molecule has 1 atom stereocenters. The highest BCUT2D eigenvalue weighted by atomic mass is 16.5. The van der Waals surface area contributed by atoms with Gasteiger partial charge in [0.15, 0.2) is 0 Å². The van der Waals surface area contributed by atoms with Crippen LogP contribution in [0, 0.1) is 0 Å². The van der Waals surface area contributed by atoms with E-state index < -0.39 is 0 Å². The van der Waals surface area contributed by atoms with Gasteiger partial charge in [-0.25, -0.2) is 0 Å². The molecular formula is C20H21N3O3. The SMILES string of the molecule is COc1cccc(C(C)NC(=O)c2ccc(-c3cn[nH]c3)cc2OC)c1. The van der Waals surface area contributed by atoms with Crippen molar-refractivity contribution >= 4 is 5.91 Å². The van der Waals surface area contributed by atoms with E-state index in [2.05, 4.69) is 15.5 Å². The smallest absolute Gasteiger partial charge is 0.255 e. The molecular weight excluding hydrogens is 330 g/mol. The summed E-state index contributed by atoms with van der Waals surface area (Å²) in [6.07, 6.45) is 3.51. The predicted molar refractivity (Wildman–Crippen MR) is 99.5 cm³/mol. The molecule has 1 aromatic heterocycles. The lowest BCUT2D eigenvalue weighted by atomic mass is 10.0. The van der Waals surface area contributed by atoms with Crippen LogP contribution < -0.4 is 14.8 Å². The summed E-state index contributed by atoms with van der Waals surface area (Å²) < 4.78 is 10.7. The topological polar surface area (TPSA) is 76.2 Å². The highest BCUT2D eigenvalue weighted by Gasteiger charge is 2.17. The van der Waals surface area contributed by atoms with Crippen molar-refractivity contribution in [1.82, 2.24) is 15.5 Å². The third kappa shape index (κ3) is 3.69. The Balaban J connectivity index is 1.80. The molecule has 0 aliphatic carbocycles. The molecule has 26 heavy (non-hydrogen) atoms. The molecule has 0 fully saturated rings. The predicted octanol–water partition coefficient (Wildman–Crippen LogP) is 3.58. The van der Waals surface area contributed by atoms with Crippen molar-refractivity contribution < 1.29 is 14.3 Å². The van der Waals surface area contributed by atoms with E-state index in [1.165, 1.54) is 0 Å². The van der Waals surface area contributed by atoms with Crippen molar-refractivity contribution in [2.45, 2.75) is 13.0 Å². The fraction of sp³-hybridized carbons (Fsp3) is 0.200. The fourth-order valence-electron chi connectivity index (χ4n) is 2.74. The molecule has 6 heteroatoms. The van der Waals surface area contributed by atoms with Gasteiger partial charge in [0.25, 0.3) is 5.91 Å². The fourth-order valence-corrected chi connectivity index (χ4v) is 2.74. The van der Waals surface area contributed by atoms with E-state index in [1.807, 2.05) is 43.3 Å². The highest BCUT2D eigenvalue weighted by molar-refractivity contribution is 5.97. The van der Waals surface area contributed by atoms with Gasteiger partial charge in [0.2, 0.25) is 0 Å². The first-order valence-electron chi connectivity index (χ1n) is 8.24. The summed E-state index contributed by atoms with van der Waals surface area (Å²) in [4.78, 5) is 12.7. The molecule has 134 valence electrons. The number of carbonyl (C=O) groups is 1. The van der Waals surface area contributed by atoms with Gasteiger partial charge in [-0.1, -0.05) is 18.2 Å². The number of hydrogen-bond acceptors (Lipinski definition) is 4. The van der Waals surface area contributed by atoms with Gasteiger partial charge in [-0.05, 0) is 42.3 Å². The van der Waals surface area contributed by atoms with Gasteiger partial charge in [-0.3, -0.25) is 9.89 Å². The maximum atomic E-state index is 12.7. The van der Waals surface area contributed by atoms with E-state index in [-0.39, 0.29) is 11.9 Å². The minimum absolute atomic E-state index is 0.171. The van der Waals surface area contributed by atoms with Gasteiger partial charge < -0.3 is 14.8 Å². The normalized spacial score (nSPS) is 11.7. The Morgan fingerprint density at radius 1 is 1.12 bits per heavy atom. The van der Waals surface area contributed by atoms with E-state index in [9.17, 15) is 4.79 Å². The summed E-state index contributed by atoms with van der Waals surface area (Å²) in [6, 6.07) is 12.9. The molecule has 0 spiro atoms. The lowest BCUT2D eigenvalue weighted by molar-refractivity contribution is 0.0937. The molecule has 0 aliphatic heterocycles. The number of amides is 1. The maximum Gasteiger partial charge on any atom is 0.255 e. The van der Waals surface area contributed by atoms with Crippen LogP contribution >= 0.6 is 0 Å². The number of nitrogens with zero attached hydrogens (tertiary/aromatic N) is 1. The zero-order valence-electron chi connectivity index (χ0n) is 14.9. The highest BCUT2D eigenvalue weighted by Crippen LogP contribution is 2.27. The quantitative estimate of drug-likeness (QED) is 0.712. The minimum atomic E-state index is -0.198. The Labute approximate surface area is 152 Å². The summed E-state index contributed by atoms with van der Waals surface area (Å²) >= 11 is 0. The average Bonchev–Trinajstić information content (AvgIpc) is 3.22. The second kappa shape index (κ2) is 7.74. The first-order chi connectivity index (χ1) is 12.6. The average molecular weight is 351 g/mol. The third-order valence-corrected chi connectivity index (χ3v) is 4.22. The largest absolute Gasteiger partial charge is 0.497 e. The van der Waals surface area contributed by atoms with Crippen LogP contribution in [0.4, 0.5) is 0 Å². The molecule has 3 rings (SSSR count). The molecule has 1 unspecified atom stereocenters. The number of H-pyrrole nitrogens is 1. The molecule has 0 bridgehead atoms. The Morgan fingerprint density at radius 2 is 1.96 bits per heavy atom. The molecule has 0 saturated carbocycles. The van der Waals surface area contributed by atoms with Crippen molar-refractivity contribution in [3.8, 4) is 22.6 Å². The zero-order chi connectivity index (χ0) is 18.5. The number of aromatic nitrogens is 2. The molecule has 0 radical (unpaired) electrons. The van der Waals surface area contributed by atoms with Crippen LogP contribution in [0.5, 0.6) is 11.5 Å². The van der Waals surface area contributed by atoms with Crippen LogP contribution in [0.25, 0.3) is 11.1 Å². The van der Waals surface area contributed by atoms with E-state index >= 15 is 0 Å². The molecule has 3 aromatic rings. The van der Waals surface area contributed by atoms with Crippen molar-refractivity contribution in [3.05, 3.63) is 66.0 Å². The summed E-state index contributed by atoms with van der Waals surface area (Å²) in [5.74, 6) is 1.07. The molecule has 1 heterocycles. The molecule has 0 aliphatic rings. The Morgan fingerprint density at radius 3 is 2.65 bits per heavy atom. The number of benzene rings is 2. The lowest BCUT2D eigenvalue weighted by Gasteiger charge is -2.17. The van der Waals surface area contributed by atoms with Crippen LogP contribution in [0.3, 0.4) is 0 Å². The van der Waals surface area contributed by atoms with Crippen molar-refractivity contribution in [2.24, 2.45) is 0 Å². The lowest BCUT2D eigenvalue weighted by Crippen LogP contribution is -2.27. The number of methoxy groups -OCH3 is 2. The number of nitrogens with one attached hydrogen (secondary N) is 2. The second-order valence-corrected chi connectivity index (χ2v) is 5.87. The number of aromatic amines is 1. The van der Waals surface area contributed by atoms with Crippen LogP contribution in [-0.2, 0) is 0 Å². The summed E-state index contributed by atoms with van der Waals surface area (Å²) in [5.41, 5.74) is 3.30. The molecule has 0 saturated heterocycles. The van der Waals surface area contributed by atoms with Gasteiger partial charge in [0.05, 0.1) is 32.0 Å². The zero-order valence-corrected chi connectivity index (χ0v) is 14.9. The molecule has 2 aromatic carbocycles. The summed E-state index contributed by atoms with van der Waals surface area (Å²) in [6.45, 7) is 1.93. The van der Waals surface area contributed by atoms with Gasteiger partial charge in [-0.2, -0.15) is 5.10 Å². The minimum Gasteiger partial charge on any atom is -0.497 e. The second-order valence-electron chi connectivity index (χ2n) is 5.87. The van der Waals surface area contributed by atoms with Crippen LogP contribution in [0.1, 0.15) is 28.9 Å². The number of ether oxygens (including phenoxy) is 2. The molecule has 6 nitrogen and oxygen atoms in total. The van der Waals surface area contributed by atoms with Crippen molar-refractivity contribution in [2.75, 3.05) is 14.2 Å². The Hall–Kier alpha value is -3.28. The summed E-state index contributed by atoms with van der Waals surface area (Å²) in [5, 5.41) is 9.72. The van der Waals surface area contributed by atoms with E-state index in [0.29, 0.717) is 11.3 Å². The Bertz CT molecular complexity index is 891. The van der Waals surface area contributed by atoms with Crippen molar-refractivity contribution in [1.29, 1.82) is 0 Å². The third-order valence-electron chi connectivity index (χ3n) is 4.22. The van der Waals surface area contributed by atoms with E-state index in [1.54, 1.807) is 32.7 Å². The van der Waals surface area contributed by atoms with E-state index in [0.717, 1.165) is 22.4 Å². The Kier molecular flexibility index (Phi) is 5.22. The van der Waals surface area contributed by atoms with Gasteiger partial charge in [0, 0.05) is 11.8 Å². The number of hydrogen-bond donors (Lipinski definition) is 2. The first-order valence-corrected chi connectivity index (χ1v) is 8.24. The van der Waals surface area contributed by atoms with Gasteiger partial charge in [0.1, 0.15) is 11.5 Å². The van der Waals surface area contributed by atoms with Crippen LogP contribution in [0.15, 0.2) is 54.9 Å². The molecule has 2 N–H and O–H groups in total. The monoisotopic (exact) mass is 351 g/mol.